The SMILES string of the molecule is O=C(O)c1ccc(CNC(=O)C2CCCCN2)o1. The average Bonchev–Trinajstić information content (AvgIpc) is 2.86. The summed E-state index contributed by atoms with van der Waals surface area (Å²) in [7, 11) is 0. The molecule has 1 unspecified atom stereocenters. The van der Waals surface area contributed by atoms with E-state index in [0.29, 0.717) is 5.76 Å². The predicted octanol–water partition coefficient (Wildman–Crippen LogP) is 0.736. The highest BCUT2D eigenvalue weighted by Gasteiger charge is 2.20. The number of amides is 1. The molecule has 1 aliphatic heterocycles. The molecule has 0 aromatic carbocycles. The van der Waals surface area contributed by atoms with Crippen molar-refractivity contribution in [2.24, 2.45) is 0 Å². The molecular weight excluding hydrogens is 236 g/mol. The summed E-state index contributed by atoms with van der Waals surface area (Å²) in [5.41, 5.74) is 0. The monoisotopic (exact) mass is 252 g/mol. The summed E-state index contributed by atoms with van der Waals surface area (Å²) in [5.74, 6) is -0.851. The van der Waals surface area contributed by atoms with Gasteiger partial charge in [-0.15, -0.1) is 0 Å². The van der Waals surface area contributed by atoms with E-state index in [1.165, 1.54) is 6.07 Å². The number of carboxylic acid groups (broad SMARTS) is 1. The summed E-state index contributed by atoms with van der Waals surface area (Å²) >= 11 is 0. The van der Waals surface area contributed by atoms with Gasteiger partial charge in [-0.2, -0.15) is 0 Å². The molecule has 1 aliphatic rings. The van der Waals surface area contributed by atoms with Gasteiger partial charge in [-0.3, -0.25) is 4.79 Å². The first-order valence-electron chi connectivity index (χ1n) is 6.00. The van der Waals surface area contributed by atoms with Crippen LogP contribution in [0.3, 0.4) is 0 Å². The highest BCUT2D eigenvalue weighted by atomic mass is 16.4. The second-order valence-electron chi connectivity index (χ2n) is 4.29. The third kappa shape index (κ3) is 3.10. The second-order valence-corrected chi connectivity index (χ2v) is 4.29. The van der Waals surface area contributed by atoms with Crippen molar-refractivity contribution in [3.63, 3.8) is 0 Å². The Morgan fingerprint density at radius 2 is 2.28 bits per heavy atom. The quantitative estimate of drug-likeness (QED) is 0.735. The van der Waals surface area contributed by atoms with Gasteiger partial charge in [-0.05, 0) is 31.5 Å². The maximum atomic E-state index is 11.8. The molecule has 1 aromatic heterocycles. The Bertz CT molecular complexity index is 435. The second kappa shape index (κ2) is 5.68. The fourth-order valence-electron chi connectivity index (χ4n) is 1.96. The molecule has 2 rings (SSSR count). The molecule has 6 nitrogen and oxygen atoms in total. The van der Waals surface area contributed by atoms with E-state index in [4.69, 9.17) is 9.52 Å². The van der Waals surface area contributed by atoms with Crippen LogP contribution < -0.4 is 10.6 Å². The number of hydrogen-bond acceptors (Lipinski definition) is 4. The fraction of sp³-hybridized carbons (Fsp3) is 0.500. The summed E-state index contributed by atoms with van der Waals surface area (Å²) in [5, 5.41) is 14.6. The largest absolute Gasteiger partial charge is 0.475 e. The topological polar surface area (TPSA) is 91.6 Å². The van der Waals surface area contributed by atoms with Crippen molar-refractivity contribution in [3.8, 4) is 0 Å². The van der Waals surface area contributed by atoms with E-state index < -0.39 is 5.97 Å². The Balaban J connectivity index is 1.82. The molecule has 1 amide bonds. The number of aromatic carboxylic acids is 1. The van der Waals surface area contributed by atoms with Crippen LogP contribution in [0.25, 0.3) is 0 Å². The number of nitrogens with one attached hydrogen (secondary N) is 2. The van der Waals surface area contributed by atoms with Crippen molar-refractivity contribution < 1.29 is 19.1 Å². The van der Waals surface area contributed by atoms with E-state index in [0.717, 1.165) is 25.8 Å². The minimum Gasteiger partial charge on any atom is -0.475 e. The van der Waals surface area contributed by atoms with Gasteiger partial charge in [0.25, 0.3) is 0 Å². The molecule has 3 N–H and O–H groups in total. The zero-order chi connectivity index (χ0) is 13.0. The van der Waals surface area contributed by atoms with Crippen LogP contribution in [-0.4, -0.2) is 29.6 Å². The van der Waals surface area contributed by atoms with Gasteiger partial charge in [-0.25, -0.2) is 4.79 Å². The van der Waals surface area contributed by atoms with Gasteiger partial charge in [0.1, 0.15) is 5.76 Å². The van der Waals surface area contributed by atoms with E-state index in [1.54, 1.807) is 6.07 Å². The standard InChI is InChI=1S/C12H16N2O4/c15-11(9-3-1-2-6-13-9)14-7-8-4-5-10(18-8)12(16)17/h4-5,9,13H,1-3,6-7H2,(H,14,15)(H,16,17). The molecule has 1 atom stereocenters. The highest BCUT2D eigenvalue weighted by Crippen LogP contribution is 2.09. The van der Waals surface area contributed by atoms with E-state index in [2.05, 4.69) is 10.6 Å². The molecule has 1 saturated heterocycles. The third-order valence-electron chi connectivity index (χ3n) is 2.94. The first-order chi connectivity index (χ1) is 8.66. The lowest BCUT2D eigenvalue weighted by atomic mass is 10.0. The predicted molar refractivity (Wildman–Crippen MR) is 63.2 cm³/mol. The van der Waals surface area contributed by atoms with Gasteiger partial charge < -0.3 is 20.2 Å². The first-order valence-corrected chi connectivity index (χ1v) is 6.00. The number of rotatable bonds is 4. The van der Waals surface area contributed by atoms with Crippen LogP contribution in [0.15, 0.2) is 16.5 Å². The van der Waals surface area contributed by atoms with Gasteiger partial charge in [-0.1, -0.05) is 6.42 Å². The van der Waals surface area contributed by atoms with Crippen molar-refractivity contribution >= 4 is 11.9 Å². The number of furan rings is 1. The number of piperidine rings is 1. The maximum Gasteiger partial charge on any atom is 0.371 e. The lowest BCUT2D eigenvalue weighted by molar-refractivity contribution is -0.123. The van der Waals surface area contributed by atoms with Crippen molar-refractivity contribution in [2.75, 3.05) is 6.54 Å². The number of carbonyl (C=O) groups excluding carboxylic acids is 1. The lowest BCUT2D eigenvalue weighted by Gasteiger charge is -2.22. The Kier molecular flexibility index (Phi) is 3.99. The molecule has 0 aliphatic carbocycles. The lowest BCUT2D eigenvalue weighted by Crippen LogP contribution is -2.46. The molecule has 0 bridgehead atoms. The Labute approximate surface area is 104 Å². The molecule has 0 radical (unpaired) electrons. The Morgan fingerprint density at radius 3 is 2.89 bits per heavy atom. The van der Waals surface area contributed by atoms with Crippen LogP contribution in [0.2, 0.25) is 0 Å². The normalized spacial score (nSPS) is 19.4. The maximum absolute atomic E-state index is 11.8. The van der Waals surface area contributed by atoms with Gasteiger partial charge in [0, 0.05) is 0 Å². The Hall–Kier alpha value is -1.82. The molecule has 0 spiro atoms. The minimum absolute atomic E-state index is 0.0667. The summed E-state index contributed by atoms with van der Waals surface area (Å²) in [4.78, 5) is 22.4. The smallest absolute Gasteiger partial charge is 0.371 e. The van der Waals surface area contributed by atoms with Gasteiger partial charge in [0.2, 0.25) is 11.7 Å². The average molecular weight is 252 g/mol. The van der Waals surface area contributed by atoms with Crippen molar-refractivity contribution in [3.05, 3.63) is 23.7 Å². The van der Waals surface area contributed by atoms with Crippen LogP contribution in [0, 0.1) is 0 Å². The van der Waals surface area contributed by atoms with Crippen molar-refractivity contribution in [1.29, 1.82) is 0 Å². The minimum atomic E-state index is -1.11. The first kappa shape index (κ1) is 12.6. The highest BCUT2D eigenvalue weighted by molar-refractivity contribution is 5.84. The summed E-state index contributed by atoms with van der Waals surface area (Å²) < 4.78 is 5.05. The molecule has 0 saturated carbocycles. The van der Waals surface area contributed by atoms with E-state index in [9.17, 15) is 9.59 Å². The molecule has 1 fully saturated rings. The van der Waals surface area contributed by atoms with Crippen LogP contribution in [0.1, 0.15) is 35.6 Å². The molecule has 2 heterocycles. The van der Waals surface area contributed by atoms with Crippen LogP contribution in [0.4, 0.5) is 0 Å². The third-order valence-corrected chi connectivity index (χ3v) is 2.94. The number of carboxylic acids is 1. The van der Waals surface area contributed by atoms with E-state index in [1.807, 2.05) is 0 Å². The van der Waals surface area contributed by atoms with Gasteiger partial charge in [0.05, 0.1) is 12.6 Å². The van der Waals surface area contributed by atoms with Crippen molar-refractivity contribution in [1.82, 2.24) is 10.6 Å². The number of carbonyl (C=O) groups is 2. The summed E-state index contributed by atoms with van der Waals surface area (Å²) in [6.07, 6.45) is 2.99. The van der Waals surface area contributed by atoms with E-state index in [-0.39, 0.29) is 24.3 Å². The van der Waals surface area contributed by atoms with Crippen molar-refractivity contribution in [2.45, 2.75) is 31.8 Å². The van der Waals surface area contributed by atoms with Crippen LogP contribution in [0.5, 0.6) is 0 Å². The summed E-state index contributed by atoms with van der Waals surface area (Å²) in [6.45, 7) is 1.08. The summed E-state index contributed by atoms with van der Waals surface area (Å²) in [6, 6.07) is 2.79. The van der Waals surface area contributed by atoms with Gasteiger partial charge >= 0.3 is 5.97 Å². The fourth-order valence-corrected chi connectivity index (χ4v) is 1.96. The molecule has 18 heavy (non-hydrogen) atoms. The number of hydrogen-bond donors (Lipinski definition) is 3. The zero-order valence-corrected chi connectivity index (χ0v) is 9.94. The van der Waals surface area contributed by atoms with Crippen LogP contribution in [-0.2, 0) is 11.3 Å². The van der Waals surface area contributed by atoms with E-state index >= 15 is 0 Å². The molecule has 1 aromatic rings. The molecule has 6 heteroatoms. The zero-order valence-electron chi connectivity index (χ0n) is 9.94. The molecule has 98 valence electrons. The van der Waals surface area contributed by atoms with Gasteiger partial charge in [0.15, 0.2) is 0 Å². The Morgan fingerprint density at radius 1 is 1.44 bits per heavy atom. The molecular formula is C12H16N2O4. The van der Waals surface area contributed by atoms with Crippen LogP contribution >= 0.6 is 0 Å².